The van der Waals surface area contributed by atoms with E-state index in [-0.39, 0.29) is 5.78 Å². The summed E-state index contributed by atoms with van der Waals surface area (Å²) in [5.41, 5.74) is 4.43. The first-order valence-electron chi connectivity index (χ1n) is 8.22. The van der Waals surface area contributed by atoms with Crippen molar-refractivity contribution in [2.75, 3.05) is 0 Å². The molecule has 3 nitrogen and oxygen atoms in total. The number of benzene rings is 1. The van der Waals surface area contributed by atoms with Crippen LogP contribution in [-0.4, -0.2) is 15.4 Å². The number of carbonyl (C=O) groups excluding carboxylic acids is 1. The lowest BCUT2D eigenvalue weighted by Crippen LogP contribution is -1.94. The normalized spacial score (nSPS) is 9.48. The molecule has 0 amide bonds. The van der Waals surface area contributed by atoms with Crippen molar-refractivity contribution in [3.05, 3.63) is 59.8 Å². The van der Waals surface area contributed by atoms with Crippen LogP contribution in [-0.2, 0) is 0 Å². The Kier molecular flexibility index (Phi) is 7.20. The molecule has 0 radical (unpaired) electrons. The van der Waals surface area contributed by atoms with Crippen LogP contribution in [0, 0.1) is 6.92 Å². The monoisotopic (exact) mass is 310 g/mol. The summed E-state index contributed by atoms with van der Waals surface area (Å²) in [4.78, 5) is 11.9. The molecule has 0 spiro atoms. The van der Waals surface area contributed by atoms with Crippen molar-refractivity contribution in [1.82, 2.24) is 9.61 Å². The summed E-state index contributed by atoms with van der Waals surface area (Å²) in [6, 6.07) is 13.8. The number of fused-ring (bicyclic) bond motifs is 1. The summed E-state index contributed by atoms with van der Waals surface area (Å²) < 4.78 is 1.76. The third-order valence-corrected chi connectivity index (χ3v) is 3.18. The average molecular weight is 310 g/mol. The van der Waals surface area contributed by atoms with Crippen molar-refractivity contribution in [2.24, 2.45) is 0 Å². The summed E-state index contributed by atoms with van der Waals surface area (Å²) in [5.74, 6) is 0.0395. The average Bonchev–Trinajstić information content (AvgIpc) is 2.98. The van der Waals surface area contributed by atoms with Crippen LogP contribution in [0.3, 0.4) is 0 Å². The Morgan fingerprint density at radius 1 is 1.00 bits per heavy atom. The fourth-order valence-electron chi connectivity index (χ4n) is 2.34. The molecule has 2 heterocycles. The number of rotatable bonds is 2. The van der Waals surface area contributed by atoms with Crippen LogP contribution in [0.15, 0.2) is 48.7 Å². The molecule has 2 aromatic heterocycles. The molecule has 0 saturated heterocycles. The van der Waals surface area contributed by atoms with Crippen LogP contribution in [0.2, 0.25) is 0 Å². The van der Waals surface area contributed by atoms with E-state index in [0.29, 0.717) is 5.56 Å². The molecular formula is C20H26N2O. The van der Waals surface area contributed by atoms with E-state index >= 15 is 0 Å². The number of pyridine rings is 1. The highest BCUT2D eigenvalue weighted by Crippen LogP contribution is 2.27. The van der Waals surface area contributed by atoms with Gasteiger partial charge in [0.25, 0.3) is 0 Å². The Morgan fingerprint density at radius 3 is 2.30 bits per heavy atom. The molecule has 0 saturated carbocycles. The predicted octanol–water partition coefficient (Wildman–Crippen LogP) is 5.56. The lowest BCUT2D eigenvalue weighted by molar-refractivity contribution is 0.102. The zero-order valence-electron chi connectivity index (χ0n) is 14.9. The van der Waals surface area contributed by atoms with E-state index in [4.69, 9.17) is 0 Å². The highest BCUT2D eigenvalue weighted by molar-refractivity contribution is 6.06. The van der Waals surface area contributed by atoms with Crippen molar-refractivity contribution in [3.63, 3.8) is 0 Å². The van der Waals surface area contributed by atoms with Gasteiger partial charge in [-0.1, -0.05) is 57.5 Å². The van der Waals surface area contributed by atoms with Crippen LogP contribution in [0.4, 0.5) is 0 Å². The number of hydrogen-bond donors (Lipinski definition) is 0. The first-order chi connectivity index (χ1) is 11.2. The van der Waals surface area contributed by atoms with Crippen LogP contribution in [0.25, 0.3) is 16.8 Å². The molecule has 0 bridgehead atoms. The van der Waals surface area contributed by atoms with Gasteiger partial charge in [-0.3, -0.25) is 4.79 Å². The van der Waals surface area contributed by atoms with Crippen molar-refractivity contribution >= 4 is 11.3 Å². The number of Topliss-reactive ketones (excluding diaryl/α,β-unsaturated/α-hetero) is 1. The Balaban J connectivity index is 0.000000615. The number of nitrogens with zero attached hydrogens (tertiary/aromatic N) is 2. The van der Waals surface area contributed by atoms with E-state index in [9.17, 15) is 4.79 Å². The molecule has 3 aromatic rings. The molecule has 0 aliphatic heterocycles. The number of hydrogen-bond acceptors (Lipinski definition) is 2. The second-order valence-corrected chi connectivity index (χ2v) is 4.68. The van der Waals surface area contributed by atoms with E-state index in [1.165, 1.54) is 0 Å². The van der Waals surface area contributed by atoms with Gasteiger partial charge in [0, 0.05) is 11.8 Å². The molecule has 0 fully saturated rings. The fraction of sp³-hybridized carbons (Fsp3) is 0.300. The minimum absolute atomic E-state index is 0.0395. The molecular weight excluding hydrogens is 284 g/mol. The van der Waals surface area contributed by atoms with Crippen LogP contribution < -0.4 is 0 Å². The Morgan fingerprint density at radius 2 is 1.70 bits per heavy atom. The highest BCUT2D eigenvalue weighted by Gasteiger charge is 2.17. The van der Waals surface area contributed by atoms with Crippen LogP contribution >= 0.6 is 0 Å². The van der Waals surface area contributed by atoms with E-state index in [1.807, 2.05) is 83.3 Å². The lowest BCUT2D eigenvalue weighted by Gasteiger charge is -2.01. The van der Waals surface area contributed by atoms with Crippen molar-refractivity contribution in [3.8, 4) is 11.3 Å². The summed E-state index contributed by atoms with van der Waals surface area (Å²) >= 11 is 0. The molecule has 23 heavy (non-hydrogen) atoms. The zero-order valence-corrected chi connectivity index (χ0v) is 14.9. The third kappa shape index (κ3) is 4.07. The largest absolute Gasteiger partial charge is 0.294 e. The highest BCUT2D eigenvalue weighted by atomic mass is 16.1. The summed E-state index contributed by atoms with van der Waals surface area (Å²) in [5, 5.41) is 4.54. The second kappa shape index (κ2) is 8.89. The second-order valence-electron chi connectivity index (χ2n) is 4.68. The SMILES string of the molecule is CC.CC.CC(=O)c1c(-c2cccc(C)c2)nn2ccccc12. The van der Waals surface area contributed by atoms with Gasteiger partial charge in [0.15, 0.2) is 5.78 Å². The molecule has 0 atom stereocenters. The summed E-state index contributed by atoms with van der Waals surface area (Å²) in [6.45, 7) is 11.6. The predicted molar refractivity (Wildman–Crippen MR) is 98.1 cm³/mol. The minimum atomic E-state index is 0.0395. The van der Waals surface area contributed by atoms with Gasteiger partial charge < -0.3 is 0 Å². The Labute approximate surface area is 139 Å². The van der Waals surface area contributed by atoms with Gasteiger partial charge in [-0.05, 0) is 32.0 Å². The van der Waals surface area contributed by atoms with E-state index in [2.05, 4.69) is 5.10 Å². The maximum Gasteiger partial charge on any atom is 0.164 e. The van der Waals surface area contributed by atoms with E-state index in [1.54, 1.807) is 11.4 Å². The molecule has 0 aliphatic rings. The molecule has 0 aliphatic carbocycles. The molecule has 122 valence electrons. The topological polar surface area (TPSA) is 34.4 Å². The molecule has 1 aromatic carbocycles. The Hall–Kier alpha value is -2.42. The molecule has 3 rings (SSSR count). The Bertz CT molecular complexity index is 772. The standard InChI is InChI=1S/C16H14N2O.2C2H6/c1-11-6-5-7-13(10-11)16-15(12(2)19)14-8-3-4-9-18(14)17-16;2*1-2/h3-10H,1-2H3;2*1-2H3. The maximum absolute atomic E-state index is 11.9. The quantitative estimate of drug-likeness (QED) is 0.580. The maximum atomic E-state index is 11.9. The summed E-state index contributed by atoms with van der Waals surface area (Å²) in [7, 11) is 0. The van der Waals surface area contributed by atoms with Crippen molar-refractivity contribution in [1.29, 1.82) is 0 Å². The number of aryl methyl sites for hydroxylation is 1. The van der Waals surface area contributed by atoms with Crippen molar-refractivity contribution in [2.45, 2.75) is 41.5 Å². The van der Waals surface area contributed by atoms with Gasteiger partial charge in [-0.2, -0.15) is 5.10 Å². The minimum Gasteiger partial charge on any atom is -0.294 e. The van der Waals surface area contributed by atoms with Crippen molar-refractivity contribution < 1.29 is 4.79 Å². The van der Waals surface area contributed by atoms with Gasteiger partial charge in [0.1, 0.15) is 5.69 Å². The van der Waals surface area contributed by atoms with Crippen LogP contribution in [0.5, 0.6) is 0 Å². The first-order valence-corrected chi connectivity index (χ1v) is 8.22. The fourth-order valence-corrected chi connectivity index (χ4v) is 2.34. The molecule has 0 N–H and O–H groups in total. The van der Waals surface area contributed by atoms with Gasteiger partial charge in [0.2, 0.25) is 0 Å². The van der Waals surface area contributed by atoms with E-state index in [0.717, 1.165) is 22.3 Å². The molecule has 0 unspecified atom stereocenters. The van der Waals surface area contributed by atoms with Gasteiger partial charge in [-0.15, -0.1) is 0 Å². The van der Waals surface area contributed by atoms with Crippen LogP contribution in [0.1, 0.15) is 50.5 Å². The van der Waals surface area contributed by atoms with Gasteiger partial charge in [-0.25, -0.2) is 4.52 Å². The lowest BCUT2D eigenvalue weighted by atomic mass is 10.0. The smallest absolute Gasteiger partial charge is 0.164 e. The zero-order chi connectivity index (χ0) is 17.4. The third-order valence-electron chi connectivity index (χ3n) is 3.18. The molecule has 3 heteroatoms. The summed E-state index contributed by atoms with van der Waals surface area (Å²) in [6.07, 6.45) is 1.86. The van der Waals surface area contributed by atoms with Gasteiger partial charge in [0.05, 0.1) is 11.1 Å². The number of aromatic nitrogens is 2. The number of ketones is 1. The first kappa shape index (κ1) is 18.6. The number of carbonyl (C=O) groups is 1. The van der Waals surface area contributed by atoms with Gasteiger partial charge >= 0.3 is 0 Å². The van der Waals surface area contributed by atoms with E-state index < -0.39 is 0 Å².